The van der Waals surface area contributed by atoms with Crippen LogP contribution in [0.4, 0.5) is 22.0 Å². The molecule has 1 rings (SSSR count). The molecule has 0 aliphatic rings. The van der Waals surface area contributed by atoms with Crippen LogP contribution in [-0.2, 0) is 22.1 Å². The Balaban J connectivity index is 2.81. The fourth-order valence-electron chi connectivity index (χ4n) is 1.33. The summed E-state index contributed by atoms with van der Waals surface area (Å²) in [5.74, 6) is -2.80. The second-order valence-electron chi connectivity index (χ2n) is 3.72. The van der Waals surface area contributed by atoms with Gasteiger partial charge in [-0.1, -0.05) is 0 Å². The van der Waals surface area contributed by atoms with Gasteiger partial charge in [0.1, 0.15) is 6.61 Å². The molecule has 0 atom stereocenters. The summed E-state index contributed by atoms with van der Waals surface area (Å²) in [4.78, 5) is 14.5. The van der Waals surface area contributed by atoms with Crippen LogP contribution in [0, 0.1) is 0 Å². The van der Waals surface area contributed by atoms with E-state index in [0.29, 0.717) is 0 Å². The zero-order chi connectivity index (χ0) is 16.0. The van der Waals surface area contributed by atoms with E-state index in [4.69, 9.17) is 0 Å². The Hall–Kier alpha value is -1.71. The monoisotopic (exact) mass is 317 g/mol. The average molecular weight is 317 g/mol. The molecular weight excluding hydrogens is 305 g/mol. The third kappa shape index (κ3) is 5.29. The van der Waals surface area contributed by atoms with Crippen LogP contribution in [-0.4, -0.2) is 37.2 Å². The molecule has 0 amide bonds. The van der Waals surface area contributed by atoms with E-state index >= 15 is 0 Å². The van der Waals surface area contributed by atoms with Crippen LogP contribution in [0.25, 0.3) is 0 Å². The van der Waals surface area contributed by atoms with Crippen LogP contribution in [0.5, 0.6) is 0 Å². The Labute approximate surface area is 116 Å². The van der Waals surface area contributed by atoms with E-state index in [1.807, 2.05) is 0 Å². The fourth-order valence-corrected chi connectivity index (χ4v) is 1.33. The van der Waals surface area contributed by atoms with Gasteiger partial charge in [-0.15, -0.1) is 0 Å². The predicted octanol–water partition coefficient (Wildman–Crippen LogP) is 2.69. The number of ether oxygens (including phenoxy) is 2. The molecule has 1 aromatic heterocycles. The molecule has 0 saturated carbocycles. The van der Waals surface area contributed by atoms with Crippen molar-refractivity contribution in [1.29, 1.82) is 0 Å². The van der Waals surface area contributed by atoms with E-state index in [1.165, 1.54) is 6.92 Å². The van der Waals surface area contributed by atoms with Crippen LogP contribution in [0.2, 0.25) is 0 Å². The normalized spacial score (nSPS) is 12.0. The van der Waals surface area contributed by atoms with Gasteiger partial charge in [-0.25, -0.2) is 18.6 Å². The number of carbonyl (C=O) groups excluding carboxylic acids is 1. The molecule has 0 radical (unpaired) electrons. The SMILES string of the molecule is CCOC(=O)c1oc(CCOCC(F)F)nc1C(F)(F)F. The smallest absolute Gasteiger partial charge is 0.437 e. The summed E-state index contributed by atoms with van der Waals surface area (Å²) in [5.41, 5.74) is -1.51. The first kappa shape index (κ1) is 17.3. The second kappa shape index (κ2) is 7.34. The molecule has 5 nitrogen and oxygen atoms in total. The van der Waals surface area contributed by atoms with Crippen molar-refractivity contribution in [2.24, 2.45) is 0 Å². The molecule has 0 N–H and O–H groups in total. The molecule has 0 saturated heterocycles. The van der Waals surface area contributed by atoms with Gasteiger partial charge in [0, 0.05) is 6.42 Å². The van der Waals surface area contributed by atoms with Gasteiger partial charge in [0.25, 0.3) is 6.43 Å². The van der Waals surface area contributed by atoms with Gasteiger partial charge in [-0.2, -0.15) is 13.2 Å². The third-order valence-corrected chi connectivity index (χ3v) is 2.10. The number of hydrogen-bond acceptors (Lipinski definition) is 5. The van der Waals surface area contributed by atoms with Crippen molar-refractivity contribution in [3.8, 4) is 0 Å². The van der Waals surface area contributed by atoms with Crippen molar-refractivity contribution in [2.45, 2.75) is 25.9 Å². The average Bonchev–Trinajstić information content (AvgIpc) is 2.79. The van der Waals surface area contributed by atoms with Crippen LogP contribution in [0.3, 0.4) is 0 Å². The maximum atomic E-state index is 12.7. The van der Waals surface area contributed by atoms with Crippen LogP contribution < -0.4 is 0 Å². The predicted molar refractivity (Wildman–Crippen MR) is 58.0 cm³/mol. The van der Waals surface area contributed by atoms with Gasteiger partial charge in [-0.3, -0.25) is 0 Å². The molecule has 0 aliphatic heterocycles. The highest BCUT2D eigenvalue weighted by atomic mass is 19.4. The third-order valence-electron chi connectivity index (χ3n) is 2.10. The molecule has 0 bridgehead atoms. The minimum atomic E-state index is -4.90. The number of nitrogens with zero attached hydrogens (tertiary/aromatic N) is 1. The zero-order valence-corrected chi connectivity index (χ0v) is 10.9. The van der Waals surface area contributed by atoms with Gasteiger partial charge in [0.15, 0.2) is 11.6 Å². The van der Waals surface area contributed by atoms with Gasteiger partial charge < -0.3 is 13.9 Å². The summed E-state index contributed by atoms with van der Waals surface area (Å²) in [6, 6.07) is 0. The number of carbonyl (C=O) groups is 1. The van der Waals surface area contributed by atoms with Crippen LogP contribution in [0.15, 0.2) is 4.42 Å². The number of hydrogen-bond donors (Lipinski definition) is 0. The topological polar surface area (TPSA) is 61.6 Å². The van der Waals surface area contributed by atoms with Gasteiger partial charge >= 0.3 is 12.1 Å². The van der Waals surface area contributed by atoms with Crippen molar-refractivity contribution >= 4 is 5.97 Å². The first-order valence-electron chi connectivity index (χ1n) is 5.85. The second-order valence-corrected chi connectivity index (χ2v) is 3.72. The summed E-state index contributed by atoms with van der Waals surface area (Å²) >= 11 is 0. The number of halogens is 5. The molecule has 1 aromatic rings. The van der Waals surface area contributed by atoms with E-state index in [9.17, 15) is 26.7 Å². The molecule has 10 heteroatoms. The quantitative estimate of drug-likeness (QED) is 0.439. The van der Waals surface area contributed by atoms with E-state index < -0.39 is 42.5 Å². The number of esters is 1. The maximum Gasteiger partial charge on any atom is 0.437 e. The molecule has 0 spiro atoms. The van der Waals surface area contributed by atoms with Gasteiger partial charge in [0.2, 0.25) is 5.76 Å². The molecule has 0 fully saturated rings. The zero-order valence-electron chi connectivity index (χ0n) is 10.9. The van der Waals surface area contributed by atoms with E-state index in [0.717, 1.165) is 0 Å². The lowest BCUT2D eigenvalue weighted by Crippen LogP contribution is -2.14. The summed E-state index contributed by atoms with van der Waals surface area (Å²) in [6.45, 7) is 0.117. The maximum absolute atomic E-state index is 12.7. The summed E-state index contributed by atoms with van der Waals surface area (Å²) in [5, 5.41) is 0. The van der Waals surface area contributed by atoms with Crippen LogP contribution >= 0.6 is 0 Å². The highest BCUT2D eigenvalue weighted by molar-refractivity contribution is 5.87. The minimum Gasteiger partial charge on any atom is -0.460 e. The highest BCUT2D eigenvalue weighted by Crippen LogP contribution is 2.32. The molecular formula is C11H12F5NO4. The Bertz CT molecular complexity index is 472. The summed E-state index contributed by atoms with van der Waals surface area (Å²) in [7, 11) is 0. The van der Waals surface area contributed by atoms with Gasteiger partial charge in [-0.05, 0) is 6.92 Å². The molecule has 0 unspecified atom stereocenters. The lowest BCUT2D eigenvalue weighted by atomic mass is 10.3. The van der Waals surface area contributed by atoms with E-state index in [-0.39, 0.29) is 19.6 Å². The Morgan fingerprint density at radius 3 is 2.57 bits per heavy atom. The van der Waals surface area contributed by atoms with E-state index in [1.54, 1.807) is 0 Å². The summed E-state index contributed by atoms with van der Waals surface area (Å²) in [6.07, 6.45) is -7.86. The Morgan fingerprint density at radius 2 is 2.05 bits per heavy atom. The Kier molecular flexibility index (Phi) is 6.06. The number of oxazole rings is 1. The minimum absolute atomic E-state index is 0.135. The lowest BCUT2D eigenvalue weighted by molar-refractivity contribution is -0.141. The van der Waals surface area contributed by atoms with Crippen molar-refractivity contribution in [1.82, 2.24) is 4.98 Å². The van der Waals surface area contributed by atoms with Crippen molar-refractivity contribution in [3.63, 3.8) is 0 Å². The molecule has 120 valence electrons. The molecule has 1 heterocycles. The van der Waals surface area contributed by atoms with Crippen molar-refractivity contribution < 1.29 is 40.6 Å². The first-order valence-corrected chi connectivity index (χ1v) is 5.85. The molecule has 21 heavy (non-hydrogen) atoms. The summed E-state index contributed by atoms with van der Waals surface area (Å²) < 4.78 is 75.3. The number of rotatable bonds is 7. The van der Waals surface area contributed by atoms with E-state index in [2.05, 4.69) is 18.9 Å². The highest BCUT2D eigenvalue weighted by Gasteiger charge is 2.41. The Morgan fingerprint density at radius 1 is 1.38 bits per heavy atom. The number of alkyl halides is 5. The fraction of sp³-hybridized carbons (Fsp3) is 0.636. The lowest BCUT2D eigenvalue weighted by Gasteiger charge is -2.03. The standard InChI is InChI=1S/C11H12F5NO4/c1-2-20-10(18)8-9(11(14,15)16)17-7(21-8)3-4-19-5-6(12)13/h6H,2-5H2,1H3. The van der Waals surface area contributed by atoms with Crippen LogP contribution in [0.1, 0.15) is 29.1 Å². The first-order chi connectivity index (χ1) is 9.75. The molecule has 0 aliphatic carbocycles. The van der Waals surface area contributed by atoms with Crippen molar-refractivity contribution in [2.75, 3.05) is 19.8 Å². The van der Waals surface area contributed by atoms with Crippen molar-refractivity contribution in [3.05, 3.63) is 17.3 Å². The largest absolute Gasteiger partial charge is 0.460 e. The van der Waals surface area contributed by atoms with Gasteiger partial charge in [0.05, 0.1) is 13.2 Å². The molecule has 0 aromatic carbocycles. The number of aromatic nitrogens is 1.